The van der Waals surface area contributed by atoms with Crippen molar-refractivity contribution < 1.29 is 17.9 Å². The topological polar surface area (TPSA) is 75.7 Å². The molecular weight excluding hydrogens is 471 g/mol. The Morgan fingerprint density at radius 1 is 1.16 bits per heavy atom. The molecule has 2 aromatic carbocycles. The molecule has 3 rings (SSSR count). The number of halogens is 2. The number of nitrogens with one attached hydrogen (secondary N) is 1. The molecule has 9 heteroatoms. The quantitative estimate of drug-likeness (QED) is 0.575. The molecule has 1 fully saturated rings. The maximum Gasteiger partial charge on any atom is 0.224 e. The van der Waals surface area contributed by atoms with Crippen LogP contribution in [0, 0.1) is 5.92 Å². The lowest BCUT2D eigenvalue weighted by Gasteiger charge is -2.31. The van der Waals surface area contributed by atoms with E-state index in [1.807, 2.05) is 38.1 Å². The summed E-state index contributed by atoms with van der Waals surface area (Å²) < 4.78 is 33.0. The molecule has 0 unspecified atom stereocenters. The highest BCUT2D eigenvalue weighted by atomic mass is 35.5. The van der Waals surface area contributed by atoms with Gasteiger partial charge < -0.3 is 10.1 Å². The van der Waals surface area contributed by atoms with E-state index in [1.165, 1.54) is 4.31 Å². The zero-order valence-corrected chi connectivity index (χ0v) is 20.5. The van der Waals surface area contributed by atoms with Gasteiger partial charge in [-0.25, -0.2) is 12.7 Å². The van der Waals surface area contributed by atoms with Gasteiger partial charge in [-0.1, -0.05) is 41.4 Å². The Kier molecular flexibility index (Phi) is 8.44. The highest BCUT2D eigenvalue weighted by Crippen LogP contribution is 2.29. The van der Waals surface area contributed by atoms with Crippen molar-refractivity contribution >= 4 is 39.1 Å². The van der Waals surface area contributed by atoms with Crippen molar-refractivity contribution in [1.29, 1.82) is 0 Å². The van der Waals surface area contributed by atoms with Crippen LogP contribution in [-0.4, -0.2) is 37.8 Å². The number of ether oxygens (including phenoxy) is 1. The van der Waals surface area contributed by atoms with Crippen LogP contribution in [0.15, 0.2) is 42.5 Å². The molecule has 2 aromatic rings. The molecule has 1 amide bonds. The summed E-state index contributed by atoms with van der Waals surface area (Å²) in [6, 6.07) is 12.5. The van der Waals surface area contributed by atoms with Crippen molar-refractivity contribution in [3.8, 4) is 5.75 Å². The maximum absolute atomic E-state index is 13.0. The average molecular weight is 499 g/mol. The van der Waals surface area contributed by atoms with Crippen molar-refractivity contribution in [2.45, 2.75) is 45.1 Å². The van der Waals surface area contributed by atoms with Crippen molar-refractivity contribution in [2.75, 3.05) is 13.1 Å². The van der Waals surface area contributed by atoms with Gasteiger partial charge in [-0.2, -0.15) is 0 Å². The number of hydrogen-bond donors (Lipinski definition) is 1. The van der Waals surface area contributed by atoms with Crippen LogP contribution in [0.3, 0.4) is 0 Å². The predicted molar refractivity (Wildman–Crippen MR) is 127 cm³/mol. The number of nitrogens with zero attached hydrogens (tertiary/aromatic N) is 1. The zero-order chi connectivity index (χ0) is 23.3. The third-order valence-corrected chi connectivity index (χ3v) is 7.78. The van der Waals surface area contributed by atoms with Crippen LogP contribution in [0.5, 0.6) is 5.75 Å². The molecule has 0 bridgehead atoms. The number of amides is 1. The highest BCUT2D eigenvalue weighted by molar-refractivity contribution is 7.88. The fourth-order valence-corrected chi connectivity index (χ4v) is 6.01. The molecule has 0 saturated carbocycles. The number of carbonyl (C=O) groups excluding carboxylic acids is 1. The number of benzene rings is 2. The SMILES string of the molecule is CC(C)Oc1ccc(CNC(=O)[C@@H]2CCCN(S(=O)(=O)Cc3c(Cl)cccc3Cl)C2)cc1. The van der Waals surface area contributed by atoms with Crippen LogP contribution < -0.4 is 10.1 Å². The fourth-order valence-electron chi connectivity index (χ4n) is 3.64. The summed E-state index contributed by atoms with van der Waals surface area (Å²) in [6.07, 6.45) is 1.36. The summed E-state index contributed by atoms with van der Waals surface area (Å²) in [5, 5.41) is 3.56. The van der Waals surface area contributed by atoms with Gasteiger partial charge in [0.2, 0.25) is 15.9 Å². The van der Waals surface area contributed by atoms with Crippen molar-refractivity contribution in [3.63, 3.8) is 0 Å². The van der Waals surface area contributed by atoms with E-state index in [0.717, 1.165) is 11.3 Å². The monoisotopic (exact) mass is 498 g/mol. The van der Waals surface area contributed by atoms with Crippen molar-refractivity contribution in [1.82, 2.24) is 9.62 Å². The van der Waals surface area contributed by atoms with Crippen LogP contribution in [0.2, 0.25) is 10.0 Å². The minimum absolute atomic E-state index is 0.0972. The van der Waals surface area contributed by atoms with Gasteiger partial charge in [-0.3, -0.25) is 4.79 Å². The molecule has 1 heterocycles. The lowest BCUT2D eigenvalue weighted by molar-refractivity contribution is -0.126. The molecule has 6 nitrogen and oxygen atoms in total. The van der Waals surface area contributed by atoms with Crippen LogP contribution >= 0.6 is 23.2 Å². The molecule has 0 spiro atoms. The summed E-state index contributed by atoms with van der Waals surface area (Å²) in [5.41, 5.74) is 1.33. The Labute approximate surface area is 199 Å². The molecule has 0 aliphatic carbocycles. The molecule has 32 heavy (non-hydrogen) atoms. The van der Waals surface area contributed by atoms with Gasteiger partial charge in [-0.05, 0) is 56.5 Å². The molecule has 1 aliphatic rings. The number of rotatable bonds is 8. The Bertz CT molecular complexity index is 1020. The van der Waals surface area contributed by atoms with E-state index < -0.39 is 15.9 Å². The van der Waals surface area contributed by atoms with E-state index in [1.54, 1.807) is 18.2 Å². The first kappa shape index (κ1) is 24.8. The third-order valence-electron chi connectivity index (χ3n) is 5.30. The summed E-state index contributed by atoms with van der Waals surface area (Å²) in [6.45, 7) is 4.83. The van der Waals surface area contributed by atoms with E-state index in [4.69, 9.17) is 27.9 Å². The Balaban J connectivity index is 1.58. The van der Waals surface area contributed by atoms with Gasteiger partial charge in [0.05, 0.1) is 17.8 Å². The van der Waals surface area contributed by atoms with Crippen molar-refractivity contribution in [2.24, 2.45) is 5.92 Å². The Morgan fingerprint density at radius 2 is 1.81 bits per heavy atom. The molecular formula is C23H28Cl2N2O4S. The van der Waals surface area contributed by atoms with Gasteiger partial charge in [0.1, 0.15) is 5.75 Å². The summed E-state index contributed by atoms with van der Waals surface area (Å²) in [4.78, 5) is 12.7. The van der Waals surface area contributed by atoms with E-state index in [0.29, 0.717) is 41.5 Å². The first-order valence-electron chi connectivity index (χ1n) is 10.6. The van der Waals surface area contributed by atoms with Crippen LogP contribution in [0.4, 0.5) is 0 Å². The second-order valence-corrected chi connectivity index (χ2v) is 11.0. The van der Waals surface area contributed by atoms with Gasteiger partial charge in [0, 0.05) is 35.2 Å². The summed E-state index contributed by atoms with van der Waals surface area (Å²) in [5.74, 6) is -0.0567. The average Bonchev–Trinajstić information content (AvgIpc) is 2.75. The molecule has 0 radical (unpaired) electrons. The van der Waals surface area contributed by atoms with Crippen LogP contribution in [0.1, 0.15) is 37.8 Å². The molecule has 1 saturated heterocycles. The lowest BCUT2D eigenvalue weighted by Crippen LogP contribution is -2.45. The van der Waals surface area contributed by atoms with Crippen LogP contribution in [-0.2, 0) is 27.1 Å². The Morgan fingerprint density at radius 3 is 2.44 bits per heavy atom. The minimum Gasteiger partial charge on any atom is -0.491 e. The van der Waals surface area contributed by atoms with Gasteiger partial charge in [0.25, 0.3) is 0 Å². The largest absolute Gasteiger partial charge is 0.491 e. The van der Waals surface area contributed by atoms with E-state index in [-0.39, 0.29) is 24.3 Å². The summed E-state index contributed by atoms with van der Waals surface area (Å²) >= 11 is 12.3. The molecule has 1 aliphatic heterocycles. The number of hydrogen-bond acceptors (Lipinski definition) is 4. The van der Waals surface area contributed by atoms with Crippen LogP contribution in [0.25, 0.3) is 0 Å². The summed E-state index contributed by atoms with van der Waals surface area (Å²) in [7, 11) is -3.66. The maximum atomic E-state index is 13.0. The molecule has 174 valence electrons. The van der Waals surface area contributed by atoms with E-state index in [2.05, 4.69) is 5.32 Å². The molecule has 0 aromatic heterocycles. The third kappa shape index (κ3) is 6.61. The first-order valence-corrected chi connectivity index (χ1v) is 13.0. The number of piperidine rings is 1. The standard InChI is InChI=1S/C23H28Cl2N2O4S/c1-16(2)31-19-10-8-17(9-11-19)13-26-23(28)18-5-4-12-27(14-18)32(29,30)15-20-21(24)6-3-7-22(20)25/h3,6-11,16,18H,4-5,12-15H2,1-2H3,(H,26,28)/t18-/m1/s1. The molecule has 1 N–H and O–H groups in total. The zero-order valence-electron chi connectivity index (χ0n) is 18.2. The van der Waals surface area contributed by atoms with E-state index in [9.17, 15) is 13.2 Å². The smallest absolute Gasteiger partial charge is 0.224 e. The van der Waals surface area contributed by atoms with Gasteiger partial charge in [-0.15, -0.1) is 0 Å². The number of carbonyl (C=O) groups is 1. The highest BCUT2D eigenvalue weighted by Gasteiger charge is 2.33. The van der Waals surface area contributed by atoms with Crippen molar-refractivity contribution in [3.05, 3.63) is 63.6 Å². The number of sulfonamides is 1. The second-order valence-electron chi connectivity index (χ2n) is 8.18. The second kappa shape index (κ2) is 10.9. The lowest BCUT2D eigenvalue weighted by atomic mass is 9.99. The minimum atomic E-state index is -3.66. The first-order chi connectivity index (χ1) is 15.2. The predicted octanol–water partition coefficient (Wildman–Crippen LogP) is 4.64. The normalized spacial score (nSPS) is 17.3. The van der Waals surface area contributed by atoms with E-state index >= 15 is 0 Å². The molecule has 1 atom stereocenters. The Hall–Kier alpha value is -1.80. The van der Waals surface area contributed by atoms with Gasteiger partial charge >= 0.3 is 0 Å². The fraction of sp³-hybridized carbons (Fsp3) is 0.435. The van der Waals surface area contributed by atoms with Gasteiger partial charge in [0.15, 0.2) is 0 Å².